The molecule has 0 aromatic rings. The van der Waals surface area contributed by atoms with Crippen LogP contribution in [0.4, 0.5) is 0 Å². The Hall–Kier alpha value is -0.790. The third-order valence-corrected chi connectivity index (χ3v) is 0.881. The van der Waals surface area contributed by atoms with Gasteiger partial charge < -0.3 is 5.21 Å². The van der Waals surface area contributed by atoms with E-state index in [1.807, 2.05) is 0 Å². The van der Waals surface area contributed by atoms with Gasteiger partial charge in [0, 0.05) is 0 Å². The molecule has 1 N–H and O–H groups in total. The van der Waals surface area contributed by atoms with Gasteiger partial charge in [-0.1, -0.05) is 11.2 Å². The maximum atomic E-state index is 8.12. The van der Waals surface area contributed by atoms with Gasteiger partial charge in [-0.25, -0.2) is 0 Å². The Morgan fingerprint density at radius 3 is 2.88 bits per heavy atom. The molecule has 0 unspecified atom stereocenters. The standard InChI is InChI=1S/C6H11NO/c1-3-4-5-6(2)7-8/h3,8H,1,4-5H2,2H3. The van der Waals surface area contributed by atoms with Crippen molar-refractivity contribution >= 4 is 5.71 Å². The quantitative estimate of drug-likeness (QED) is 0.257. The fraction of sp³-hybridized carbons (Fsp3) is 0.500. The van der Waals surface area contributed by atoms with Crippen molar-refractivity contribution in [3.05, 3.63) is 12.7 Å². The molecule has 0 rings (SSSR count). The summed E-state index contributed by atoms with van der Waals surface area (Å²) in [5.74, 6) is 0. The van der Waals surface area contributed by atoms with Crippen LogP contribution in [0.2, 0.25) is 0 Å². The minimum absolute atomic E-state index is 0.755. The average molecular weight is 113 g/mol. The maximum absolute atomic E-state index is 8.12. The van der Waals surface area contributed by atoms with Crippen molar-refractivity contribution in [3.63, 3.8) is 0 Å². The lowest BCUT2D eigenvalue weighted by atomic mass is 10.2. The molecule has 46 valence electrons. The van der Waals surface area contributed by atoms with E-state index in [4.69, 9.17) is 5.21 Å². The van der Waals surface area contributed by atoms with E-state index in [1.54, 1.807) is 13.0 Å². The van der Waals surface area contributed by atoms with Crippen LogP contribution in [0.3, 0.4) is 0 Å². The summed E-state index contributed by atoms with van der Waals surface area (Å²) in [7, 11) is 0. The van der Waals surface area contributed by atoms with E-state index in [2.05, 4.69) is 11.7 Å². The summed E-state index contributed by atoms with van der Waals surface area (Å²) in [6, 6.07) is 0. The van der Waals surface area contributed by atoms with Crippen LogP contribution in [0.15, 0.2) is 17.8 Å². The largest absolute Gasteiger partial charge is 0.411 e. The second-order valence-corrected chi connectivity index (χ2v) is 1.66. The summed E-state index contributed by atoms with van der Waals surface area (Å²) in [6.45, 7) is 5.31. The van der Waals surface area contributed by atoms with Gasteiger partial charge in [0.25, 0.3) is 0 Å². The molecule has 0 saturated heterocycles. The van der Waals surface area contributed by atoms with Crippen molar-refractivity contribution in [3.8, 4) is 0 Å². The van der Waals surface area contributed by atoms with Crippen molar-refractivity contribution in [2.45, 2.75) is 19.8 Å². The molecule has 0 aliphatic carbocycles. The van der Waals surface area contributed by atoms with Crippen molar-refractivity contribution in [1.29, 1.82) is 0 Å². The van der Waals surface area contributed by atoms with E-state index >= 15 is 0 Å². The second kappa shape index (κ2) is 4.37. The van der Waals surface area contributed by atoms with E-state index in [9.17, 15) is 0 Å². The molecule has 0 aromatic heterocycles. The topological polar surface area (TPSA) is 32.6 Å². The van der Waals surface area contributed by atoms with Gasteiger partial charge >= 0.3 is 0 Å². The molecule has 0 aliphatic rings. The summed E-state index contributed by atoms with van der Waals surface area (Å²) in [5.41, 5.74) is 0.755. The van der Waals surface area contributed by atoms with Crippen molar-refractivity contribution < 1.29 is 5.21 Å². The van der Waals surface area contributed by atoms with Crippen LogP contribution in [0.1, 0.15) is 19.8 Å². The maximum Gasteiger partial charge on any atom is 0.0543 e. The number of oxime groups is 1. The molecule has 0 aromatic carbocycles. The number of hydrogen-bond donors (Lipinski definition) is 1. The zero-order valence-electron chi connectivity index (χ0n) is 5.09. The fourth-order valence-electron chi connectivity index (χ4n) is 0.361. The van der Waals surface area contributed by atoms with Crippen LogP contribution in [0.5, 0.6) is 0 Å². The molecule has 0 amide bonds. The van der Waals surface area contributed by atoms with Gasteiger partial charge in [0.05, 0.1) is 5.71 Å². The molecule has 0 aliphatic heterocycles. The van der Waals surface area contributed by atoms with Crippen LogP contribution in [0.25, 0.3) is 0 Å². The molecular weight excluding hydrogens is 102 g/mol. The highest BCUT2D eigenvalue weighted by molar-refractivity contribution is 5.81. The summed E-state index contributed by atoms with van der Waals surface area (Å²) < 4.78 is 0. The number of nitrogens with zero attached hydrogens (tertiary/aromatic N) is 1. The number of rotatable bonds is 3. The Balaban J connectivity index is 3.24. The first-order valence-electron chi connectivity index (χ1n) is 2.59. The summed E-state index contributed by atoms with van der Waals surface area (Å²) in [5, 5.41) is 11.1. The van der Waals surface area contributed by atoms with Crippen molar-refractivity contribution in [1.82, 2.24) is 0 Å². The van der Waals surface area contributed by atoms with E-state index < -0.39 is 0 Å². The molecule has 0 saturated carbocycles. The first-order chi connectivity index (χ1) is 3.81. The van der Waals surface area contributed by atoms with E-state index in [1.165, 1.54) is 0 Å². The van der Waals surface area contributed by atoms with Crippen molar-refractivity contribution in [2.75, 3.05) is 0 Å². The van der Waals surface area contributed by atoms with Crippen LogP contribution >= 0.6 is 0 Å². The Morgan fingerprint density at radius 2 is 2.50 bits per heavy atom. The Morgan fingerprint density at radius 1 is 1.88 bits per heavy atom. The van der Waals surface area contributed by atoms with Gasteiger partial charge in [-0.3, -0.25) is 0 Å². The average Bonchev–Trinajstić information content (AvgIpc) is 1.83. The Kier molecular flexibility index (Phi) is 3.94. The SMILES string of the molecule is C=CCCC(C)=NO. The third kappa shape index (κ3) is 3.40. The molecule has 0 atom stereocenters. The summed E-state index contributed by atoms with van der Waals surface area (Å²) >= 11 is 0. The van der Waals surface area contributed by atoms with Gasteiger partial charge in [-0.05, 0) is 19.8 Å². The lowest BCUT2D eigenvalue weighted by Crippen LogP contribution is -1.87. The molecular formula is C6H11NO. The number of allylic oxidation sites excluding steroid dienone is 1. The highest BCUT2D eigenvalue weighted by Gasteiger charge is 1.85. The lowest BCUT2D eigenvalue weighted by molar-refractivity contribution is 0.317. The minimum Gasteiger partial charge on any atom is -0.411 e. The van der Waals surface area contributed by atoms with Crippen LogP contribution in [-0.4, -0.2) is 10.9 Å². The van der Waals surface area contributed by atoms with Gasteiger partial charge in [0.15, 0.2) is 0 Å². The zero-order valence-corrected chi connectivity index (χ0v) is 5.09. The summed E-state index contributed by atoms with van der Waals surface area (Å²) in [6.07, 6.45) is 3.49. The predicted molar refractivity (Wildman–Crippen MR) is 34.3 cm³/mol. The molecule has 2 nitrogen and oxygen atoms in total. The van der Waals surface area contributed by atoms with Crippen molar-refractivity contribution in [2.24, 2.45) is 5.16 Å². The fourth-order valence-corrected chi connectivity index (χ4v) is 0.361. The monoisotopic (exact) mass is 113 g/mol. The Bertz CT molecular complexity index is 96.7. The van der Waals surface area contributed by atoms with E-state index in [0.29, 0.717) is 0 Å². The van der Waals surface area contributed by atoms with Gasteiger partial charge in [0.1, 0.15) is 0 Å². The number of hydrogen-bond acceptors (Lipinski definition) is 2. The summed E-state index contributed by atoms with van der Waals surface area (Å²) in [4.78, 5) is 0. The normalized spacial score (nSPS) is 11.4. The molecule has 2 heteroatoms. The molecule has 0 fully saturated rings. The first-order valence-corrected chi connectivity index (χ1v) is 2.59. The van der Waals surface area contributed by atoms with Gasteiger partial charge in [-0.15, -0.1) is 6.58 Å². The molecule has 0 spiro atoms. The van der Waals surface area contributed by atoms with Gasteiger partial charge in [0.2, 0.25) is 0 Å². The Labute approximate surface area is 49.5 Å². The molecule has 8 heavy (non-hydrogen) atoms. The minimum atomic E-state index is 0.755. The molecule has 0 radical (unpaired) electrons. The van der Waals surface area contributed by atoms with Crippen LogP contribution in [0, 0.1) is 0 Å². The lowest BCUT2D eigenvalue weighted by Gasteiger charge is -1.89. The molecule has 0 bridgehead atoms. The first kappa shape index (κ1) is 7.21. The molecule has 0 heterocycles. The van der Waals surface area contributed by atoms with E-state index in [0.717, 1.165) is 18.6 Å². The van der Waals surface area contributed by atoms with Crippen LogP contribution in [-0.2, 0) is 0 Å². The van der Waals surface area contributed by atoms with Crippen LogP contribution < -0.4 is 0 Å². The van der Waals surface area contributed by atoms with Gasteiger partial charge in [-0.2, -0.15) is 0 Å². The second-order valence-electron chi connectivity index (χ2n) is 1.66. The third-order valence-electron chi connectivity index (χ3n) is 0.881. The predicted octanol–water partition coefficient (Wildman–Crippen LogP) is 1.80. The zero-order chi connectivity index (χ0) is 6.41. The highest BCUT2D eigenvalue weighted by atomic mass is 16.4. The smallest absolute Gasteiger partial charge is 0.0543 e. The highest BCUT2D eigenvalue weighted by Crippen LogP contribution is 1.90. The van der Waals surface area contributed by atoms with E-state index in [-0.39, 0.29) is 0 Å².